The lowest BCUT2D eigenvalue weighted by Gasteiger charge is -2.23. The third-order valence-electron chi connectivity index (χ3n) is 4.57. The number of amides is 1. The second-order valence-electron chi connectivity index (χ2n) is 6.75. The number of nitro groups is 1. The summed E-state index contributed by atoms with van der Waals surface area (Å²) >= 11 is 0. The van der Waals surface area contributed by atoms with Crippen LogP contribution in [0.25, 0.3) is 0 Å². The number of sulfonamides is 1. The predicted molar refractivity (Wildman–Crippen MR) is 116 cm³/mol. The average molecular weight is 452 g/mol. The number of hydrogen-bond donors (Lipinski definition) is 1. The van der Waals surface area contributed by atoms with Crippen molar-refractivity contribution in [3.8, 4) is 11.5 Å². The number of methoxy groups -OCH3 is 2. The lowest BCUT2D eigenvalue weighted by molar-refractivity contribution is -0.385. The Morgan fingerprint density at radius 2 is 1.77 bits per heavy atom. The molecule has 0 heterocycles. The Kier molecular flexibility index (Phi) is 7.81. The van der Waals surface area contributed by atoms with E-state index in [1.54, 1.807) is 31.2 Å². The normalized spacial score (nSPS) is 11.0. The Labute approximate surface area is 181 Å². The highest BCUT2D eigenvalue weighted by molar-refractivity contribution is 7.92. The first-order valence-electron chi connectivity index (χ1n) is 9.27. The van der Waals surface area contributed by atoms with Crippen LogP contribution in [0.3, 0.4) is 0 Å². The van der Waals surface area contributed by atoms with Crippen LogP contribution in [-0.2, 0) is 21.2 Å². The molecule has 31 heavy (non-hydrogen) atoms. The van der Waals surface area contributed by atoms with Crippen molar-refractivity contribution in [1.82, 2.24) is 5.32 Å². The van der Waals surface area contributed by atoms with E-state index in [0.29, 0.717) is 22.6 Å². The van der Waals surface area contributed by atoms with Gasteiger partial charge in [0, 0.05) is 12.1 Å². The summed E-state index contributed by atoms with van der Waals surface area (Å²) in [4.78, 5) is 23.3. The fourth-order valence-electron chi connectivity index (χ4n) is 3.03. The Morgan fingerprint density at radius 3 is 2.32 bits per heavy atom. The van der Waals surface area contributed by atoms with E-state index < -0.39 is 27.4 Å². The number of nitrogens with one attached hydrogen (secondary N) is 1. The van der Waals surface area contributed by atoms with Crippen molar-refractivity contribution < 1.29 is 27.6 Å². The molecule has 2 rings (SSSR count). The van der Waals surface area contributed by atoms with Gasteiger partial charge < -0.3 is 14.8 Å². The summed E-state index contributed by atoms with van der Waals surface area (Å²) in [6.45, 7) is 1.42. The van der Waals surface area contributed by atoms with E-state index in [1.165, 1.54) is 26.4 Å². The Hall–Kier alpha value is -3.34. The maximum atomic E-state index is 12.4. The van der Waals surface area contributed by atoms with E-state index >= 15 is 0 Å². The summed E-state index contributed by atoms with van der Waals surface area (Å²) in [5, 5.41) is 14.0. The number of carbonyl (C=O) groups excluding carboxylic acids is 1. The Morgan fingerprint density at radius 1 is 1.16 bits per heavy atom. The molecule has 10 nitrogen and oxygen atoms in total. The van der Waals surface area contributed by atoms with Gasteiger partial charge in [-0.15, -0.1) is 0 Å². The quantitative estimate of drug-likeness (QED) is 0.432. The molecule has 0 spiro atoms. The molecule has 0 aliphatic carbocycles. The van der Waals surface area contributed by atoms with Crippen molar-refractivity contribution in [1.29, 1.82) is 0 Å². The van der Waals surface area contributed by atoms with Gasteiger partial charge in [-0.3, -0.25) is 19.2 Å². The average Bonchev–Trinajstić information content (AvgIpc) is 2.71. The zero-order valence-electron chi connectivity index (χ0n) is 17.7. The van der Waals surface area contributed by atoms with Gasteiger partial charge in [0.25, 0.3) is 5.69 Å². The smallest absolute Gasteiger partial charge is 0.276 e. The van der Waals surface area contributed by atoms with Crippen LogP contribution in [0.15, 0.2) is 36.4 Å². The second-order valence-corrected chi connectivity index (χ2v) is 8.66. The fourth-order valence-corrected chi connectivity index (χ4v) is 3.94. The van der Waals surface area contributed by atoms with Crippen molar-refractivity contribution in [3.63, 3.8) is 0 Å². The fraction of sp³-hybridized carbons (Fsp3) is 0.350. The van der Waals surface area contributed by atoms with Crippen molar-refractivity contribution >= 4 is 27.3 Å². The molecular formula is C20H25N3O7S. The Balaban J connectivity index is 2.12. The zero-order valence-corrected chi connectivity index (χ0v) is 18.6. The monoisotopic (exact) mass is 451 g/mol. The summed E-state index contributed by atoms with van der Waals surface area (Å²) < 4.78 is 35.7. The molecule has 0 radical (unpaired) electrons. The molecule has 0 bridgehead atoms. The number of carbonyl (C=O) groups is 1. The van der Waals surface area contributed by atoms with Gasteiger partial charge in [-0.2, -0.15) is 0 Å². The van der Waals surface area contributed by atoms with Crippen LogP contribution >= 0.6 is 0 Å². The van der Waals surface area contributed by atoms with Gasteiger partial charge in [-0.1, -0.05) is 18.2 Å². The number of para-hydroxylation sites is 1. The van der Waals surface area contributed by atoms with Crippen LogP contribution < -0.4 is 19.1 Å². The molecule has 0 saturated carbocycles. The molecule has 0 aliphatic heterocycles. The van der Waals surface area contributed by atoms with Crippen LogP contribution in [-0.4, -0.2) is 52.8 Å². The molecule has 0 unspecified atom stereocenters. The topological polar surface area (TPSA) is 128 Å². The zero-order chi connectivity index (χ0) is 23.2. The third kappa shape index (κ3) is 6.07. The number of rotatable bonds is 10. The number of nitrogens with zero attached hydrogens (tertiary/aromatic N) is 2. The van der Waals surface area contributed by atoms with Gasteiger partial charge in [0.1, 0.15) is 6.54 Å². The van der Waals surface area contributed by atoms with Gasteiger partial charge >= 0.3 is 0 Å². The molecule has 0 aromatic heterocycles. The molecule has 1 amide bonds. The minimum absolute atomic E-state index is 0.0700. The number of anilines is 1. The van der Waals surface area contributed by atoms with Crippen LogP contribution in [0.2, 0.25) is 0 Å². The van der Waals surface area contributed by atoms with Crippen molar-refractivity contribution in [3.05, 3.63) is 57.6 Å². The highest BCUT2D eigenvalue weighted by atomic mass is 32.2. The van der Waals surface area contributed by atoms with E-state index in [0.717, 1.165) is 10.6 Å². The lowest BCUT2D eigenvalue weighted by atomic mass is 10.1. The van der Waals surface area contributed by atoms with E-state index in [-0.39, 0.29) is 24.4 Å². The molecule has 0 saturated heterocycles. The summed E-state index contributed by atoms with van der Waals surface area (Å²) in [6.07, 6.45) is 1.17. The van der Waals surface area contributed by atoms with E-state index in [1.807, 2.05) is 0 Å². The van der Waals surface area contributed by atoms with Crippen LogP contribution in [0.4, 0.5) is 11.4 Å². The maximum absolute atomic E-state index is 12.4. The largest absolute Gasteiger partial charge is 0.493 e. The van der Waals surface area contributed by atoms with Gasteiger partial charge in [0.05, 0.1) is 37.2 Å². The molecule has 2 aromatic rings. The minimum atomic E-state index is -3.69. The van der Waals surface area contributed by atoms with Crippen LogP contribution in [0.1, 0.15) is 11.1 Å². The highest BCUT2D eigenvalue weighted by Crippen LogP contribution is 2.34. The Bertz CT molecular complexity index is 1070. The predicted octanol–water partition coefficient (Wildman–Crippen LogP) is 2.05. The van der Waals surface area contributed by atoms with E-state index in [4.69, 9.17) is 9.47 Å². The summed E-state index contributed by atoms with van der Waals surface area (Å²) in [7, 11) is -0.899. The summed E-state index contributed by atoms with van der Waals surface area (Å²) in [5.74, 6) is 0.0260. The standard InChI is InChI=1S/C20H25N3O7S/c1-14-7-5-6-8-16(14)22(31(4,27)28)13-20(24)21-10-9-15-11-18(29-2)19(30-3)12-17(15)23(25)26/h5-8,11-12H,9-10,13H2,1-4H3,(H,21,24). The molecule has 0 atom stereocenters. The van der Waals surface area contributed by atoms with Gasteiger partial charge in [0.2, 0.25) is 15.9 Å². The molecule has 0 fully saturated rings. The second kappa shape index (κ2) is 10.1. The number of ether oxygens (including phenoxy) is 2. The van der Waals surface area contributed by atoms with Crippen LogP contribution in [0, 0.1) is 17.0 Å². The molecular weight excluding hydrogens is 426 g/mol. The van der Waals surface area contributed by atoms with Crippen molar-refractivity contribution in [2.75, 3.05) is 37.9 Å². The van der Waals surface area contributed by atoms with E-state index in [9.17, 15) is 23.3 Å². The number of nitro benzene ring substituents is 1. The maximum Gasteiger partial charge on any atom is 0.276 e. The van der Waals surface area contributed by atoms with Gasteiger partial charge in [0.15, 0.2) is 11.5 Å². The first kappa shape index (κ1) is 23.9. The van der Waals surface area contributed by atoms with Crippen molar-refractivity contribution in [2.24, 2.45) is 0 Å². The van der Waals surface area contributed by atoms with E-state index in [2.05, 4.69) is 5.32 Å². The van der Waals surface area contributed by atoms with Crippen molar-refractivity contribution in [2.45, 2.75) is 13.3 Å². The summed E-state index contributed by atoms with van der Waals surface area (Å²) in [5.41, 5.74) is 1.31. The number of aryl methyl sites for hydroxylation is 1. The number of hydrogen-bond acceptors (Lipinski definition) is 7. The molecule has 0 aliphatic rings. The van der Waals surface area contributed by atoms with Gasteiger partial charge in [-0.25, -0.2) is 8.42 Å². The molecule has 11 heteroatoms. The first-order chi connectivity index (χ1) is 14.6. The molecule has 2 aromatic carbocycles. The van der Waals surface area contributed by atoms with Gasteiger partial charge in [-0.05, 0) is 31.0 Å². The highest BCUT2D eigenvalue weighted by Gasteiger charge is 2.23. The minimum Gasteiger partial charge on any atom is -0.493 e. The first-order valence-corrected chi connectivity index (χ1v) is 11.1. The molecule has 1 N–H and O–H groups in total. The van der Waals surface area contributed by atoms with Crippen LogP contribution in [0.5, 0.6) is 11.5 Å². The lowest BCUT2D eigenvalue weighted by Crippen LogP contribution is -2.41. The SMILES string of the molecule is COc1cc(CCNC(=O)CN(c2ccccc2C)S(C)(=O)=O)c([N+](=O)[O-])cc1OC. The number of benzene rings is 2. The third-order valence-corrected chi connectivity index (χ3v) is 5.70. The molecule has 168 valence electrons. The summed E-state index contributed by atoms with van der Waals surface area (Å²) in [6, 6.07) is 9.58.